The Morgan fingerprint density at radius 3 is 1.46 bits per heavy atom. The Hall–Kier alpha value is -2.48. The fourth-order valence-electron chi connectivity index (χ4n) is 2.77. The number of carbonyl (C=O) groups excluding carboxylic acids is 2. The van der Waals surface area contributed by atoms with Crippen LogP contribution in [0.3, 0.4) is 0 Å². The van der Waals surface area contributed by atoms with Gasteiger partial charge >= 0.3 is 11.9 Å². The lowest BCUT2D eigenvalue weighted by molar-refractivity contribution is 0.0584. The third-order valence-electron chi connectivity index (χ3n) is 3.82. The molecule has 0 bridgehead atoms. The van der Waals surface area contributed by atoms with Crippen LogP contribution in [0.1, 0.15) is 52.7 Å². The highest BCUT2D eigenvalue weighted by molar-refractivity contribution is 6.05. The SMILES string of the molecule is COC(=O)c1c(OC)c(C(=O)OC)c(OC)c(C(O)CC(C)C)c1OC. The molecular formula is C18H26O8. The summed E-state index contributed by atoms with van der Waals surface area (Å²) in [6.07, 6.45) is -0.710. The Morgan fingerprint density at radius 1 is 0.808 bits per heavy atom. The smallest absolute Gasteiger partial charge is 0.345 e. The van der Waals surface area contributed by atoms with Crippen LogP contribution in [0, 0.1) is 5.92 Å². The largest absolute Gasteiger partial charge is 0.495 e. The van der Waals surface area contributed by atoms with Gasteiger partial charge < -0.3 is 28.8 Å². The predicted octanol–water partition coefficient (Wildman–Crippen LogP) is 2.37. The van der Waals surface area contributed by atoms with Crippen LogP contribution < -0.4 is 14.2 Å². The summed E-state index contributed by atoms with van der Waals surface area (Å²) >= 11 is 0. The second kappa shape index (κ2) is 9.28. The average Bonchev–Trinajstić information content (AvgIpc) is 2.63. The zero-order chi connectivity index (χ0) is 20.0. The lowest BCUT2D eigenvalue weighted by Crippen LogP contribution is -2.18. The monoisotopic (exact) mass is 370 g/mol. The second-order valence-electron chi connectivity index (χ2n) is 5.89. The van der Waals surface area contributed by atoms with Gasteiger partial charge in [0.25, 0.3) is 0 Å². The van der Waals surface area contributed by atoms with E-state index >= 15 is 0 Å². The van der Waals surface area contributed by atoms with Crippen LogP contribution in [-0.4, -0.2) is 52.6 Å². The molecule has 26 heavy (non-hydrogen) atoms. The third-order valence-corrected chi connectivity index (χ3v) is 3.82. The summed E-state index contributed by atoms with van der Waals surface area (Å²) in [5.74, 6) is -1.52. The lowest BCUT2D eigenvalue weighted by Gasteiger charge is -2.25. The molecule has 146 valence electrons. The number of hydrogen-bond acceptors (Lipinski definition) is 8. The van der Waals surface area contributed by atoms with E-state index < -0.39 is 18.0 Å². The molecule has 0 aliphatic rings. The fourth-order valence-corrected chi connectivity index (χ4v) is 2.77. The van der Waals surface area contributed by atoms with Crippen molar-refractivity contribution >= 4 is 11.9 Å². The van der Waals surface area contributed by atoms with Crippen LogP contribution in [0.4, 0.5) is 0 Å². The molecular weight excluding hydrogens is 344 g/mol. The summed E-state index contributed by atoms with van der Waals surface area (Å²) in [4.78, 5) is 24.8. The van der Waals surface area contributed by atoms with Crippen molar-refractivity contribution in [2.24, 2.45) is 5.92 Å². The highest BCUT2D eigenvalue weighted by Gasteiger charge is 2.36. The van der Waals surface area contributed by atoms with Gasteiger partial charge in [-0.05, 0) is 12.3 Å². The highest BCUT2D eigenvalue weighted by Crippen LogP contribution is 2.48. The molecule has 0 aliphatic heterocycles. The first-order valence-corrected chi connectivity index (χ1v) is 7.99. The summed E-state index contributed by atoms with van der Waals surface area (Å²) in [5, 5.41) is 10.7. The van der Waals surface area contributed by atoms with Gasteiger partial charge in [-0.25, -0.2) is 9.59 Å². The first-order valence-electron chi connectivity index (χ1n) is 7.99. The van der Waals surface area contributed by atoms with Gasteiger partial charge in [-0.2, -0.15) is 0 Å². The zero-order valence-electron chi connectivity index (χ0n) is 16.2. The van der Waals surface area contributed by atoms with E-state index in [9.17, 15) is 14.7 Å². The van der Waals surface area contributed by atoms with Crippen molar-refractivity contribution in [3.63, 3.8) is 0 Å². The summed E-state index contributed by atoms with van der Waals surface area (Å²) in [5.41, 5.74) is -0.0988. The normalized spacial score (nSPS) is 11.7. The third kappa shape index (κ3) is 4.01. The molecule has 0 saturated carbocycles. The molecule has 1 rings (SSSR count). The fraction of sp³-hybridized carbons (Fsp3) is 0.556. The molecule has 1 aromatic carbocycles. The van der Waals surface area contributed by atoms with Crippen LogP contribution in [0.15, 0.2) is 0 Å². The van der Waals surface area contributed by atoms with E-state index in [2.05, 4.69) is 0 Å². The molecule has 0 radical (unpaired) electrons. The Balaban J connectivity index is 4.03. The number of benzene rings is 1. The van der Waals surface area contributed by atoms with Crippen LogP contribution in [-0.2, 0) is 9.47 Å². The molecule has 0 spiro atoms. The number of esters is 2. The molecule has 0 aliphatic carbocycles. The van der Waals surface area contributed by atoms with Crippen molar-refractivity contribution in [1.82, 2.24) is 0 Å². The number of aliphatic hydroxyl groups is 1. The maximum absolute atomic E-state index is 12.4. The van der Waals surface area contributed by atoms with Crippen molar-refractivity contribution < 1.29 is 38.4 Å². The maximum atomic E-state index is 12.4. The van der Waals surface area contributed by atoms with Crippen molar-refractivity contribution in [3.8, 4) is 17.2 Å². The number of aliphatic hydroxyl groups excluding tert-OH is 1. The zero-order valence-corrected chi connectivity index (χ0v) is 16.2. The Labute approximate surface area is 152 Å². The molecule has 0 aromatic heterocycles. The number of hydrogen-bond donors (Lipinski definition) is 1. The van der Waals surface area contributed by atoms with Gasteiger partial charge in [-0.1, -0.05) is 13.8 Å². The summed E-state index contributed by atoms with van der Waals surface area (Å²) in [7, 11) is 6.34. The van der Waals surface area contributed by atoms with Crippen LogP contribution in [0.2, 0.25) is 0 Å². The number of carbonyl (C=O) groups is 2. The van der Waals surface area contributed by atoms with E-state index in [-0.39, 0.29) is 39.9 Å². The number of ether oxygens (including phenoxy) is 5. The number of rotatable bonds is 8. The molecule has 1 atom stereocenters. The lowest BCUT2D eigenvalue weighted by atomic mass is 9.92. The van der Waals surface area contributed by atoms with Crippen molar-refractivity contribution in [2.75, 3.05) is 35.5 Å². The summed E-state index contributed by atoms with van der Waals surface area (Å²) in [6.45, 7) is 3.85. The van der Waals surface area contributed by atoms with E-state index in [1.54, 1.807) is 0 Å². The molecule has 1 unspecified atom stereocenters. The maximum Gasteiger partial charge on any atom is 0.345 e. The topological polar surface area (TPSA) is 101 Å². The molecule has 1 aromatic rings. The van der Waals surface area contributed by atoms with E-state index in [0.29, 0.717) is 6.42 Å². The van der Waals surface area contributed by atoms with Gasteiger partial charge in [0.05, 0.1) is 47.2 Å². The first-order chi connectivity index (χ1) is 12.3. The molecule has 0 amide bonds. The van der Waals surface area contributed by atoms with Crippen LogP contribution in [0.25, 0.3) is 0 Å². The molecule has 0 fully saturated rings. The highest BCUT2D eigenvalue weighted by atomic mass is 16.5. The summed E-state index contributed by atoms with van der Waals surface area (Å²) in [6, 6.07) is 0. The molecule has 0 heterocycles. The van der Waals surface area contributed by atoms with E-state index in [0.717, 1.165) is 0 Å². The predicted molar refractivity (Wildman–Crippen MR) is 93.2 cm³/mol. The Morgan fingerprint density at radius 2 is 1.19 bits per heavy atom. The van der Waals surface area contributed by atoms with Crippen molar-refractivity contribution in [3.05, 3.63) is 16.7 Å². The van der Waals surface area contributed by atoms with Crippen LogP contribution in [0.5, 0.6) is 17.2 Å². The van der Waals surface area contributed by atoms with Gasteiger partial charge in [-0.3, -0.25) is 0 Å². The molecule has 0 saturated heterocycles. The second-order valence-corrected chi connectivity index (χ2v) is 5.89. The van der Waals surface area contributed by atoms with E-state index in [4.69, 9.17) is 23.7 Å². The van der Waals surface area contributed by atoms with Crippen molar-refractivity contribution in [2.45, 2.75) is 26.4 Å². The molecule has 8 nitrogen and oxygen atoms in total. The van der Waals surface area contributed by atoms with Gasteiger partial charge in [0.1, 0.15) is 22.6 Å². The quantitative estimate of drug-likeness (QED) is 0.696. The molecule has 8 heteroatoms. The minimum absolute atomic E-state index is 0.0198. The average molecular weight is 370 g/mol. The number of methoxy groups -OCH3 is 5. The van der Waals surface area contributed by atoms with Crippen LogP contribution >= 0.6 is 0 Å². The minimum Gasteiger partial charge on any atom is -0.495 e. The molecule has 1 N–H and O–H groups in total. The van der Waals surface area contributed by atoms with Gasteiger partial charge in [-0.15, -0.1) is 0 Å². The van der Waals surface area contributed by atoms with E-state index in [1.165, 1.54) is 35.5 Å². The van der Waals surface area contributed by atoms with Crippen molar-refractivity contribution in [1.29, 1.82) is 0 Å². The summed E-state index contributed by atoms with van der Waals surface area (Å²) < 4.78 is 25.7. The Kier molecular flexibility index (Phi) is 7.70. The Bertz CT molecular complexity index is 621. The minimum atomic E-state index is -1.06. The van der Waals surface area contributed by atoms with Gasteiger partial charge in [0.15, 0.2) is 5.75 Å². The van der Waals surface area contributed by atoms with Gasteiger partial charge in [0, 0.05) is 0 Å². The standard InChI is InChI=1S/C18H26O8/c1-9(2)8-10(19)11-14(22-3)12(17(20)25-6)16(24-5)13(15(11)23-4)18(21)26-7/h9-10,19H,8H2,1-7H3. The first kappa shape index (κ1) is 21.6. The van der Waals surface area contributed by atoms with Gasteiger partial charge in [0.2, 0.25) is 0 Å². The van der Waals surface area contributed by atoms with E-state index in [1.807, 2.05) is 13.8 Å².